The fourth-order valence-corrected chi connectivity index (χ4v) is 3.00. The highest BCUT2D eigenvalue weighted by Crippen LogP contribution is 2.19. The normalized spacial score (nSPS) is 10.7. The smallest absolute Gasteiger partial charge is 0.258 e. The lowest BCUT2D eigenvalue weighted by Crippen LogP contribution is -2.16. The highest BCUT2D eigenvalue weighted by molar-refractivity contribution is 6.04. The first-order valence-corrected chi connectivity index (χ1v) is 9.27. The molecule has 0 unspecified atom stereocenters. The number of fused-ring (bicyclic) bond motifs is 1. The second-order valence-corrected chi connectivity index (χ2v) is 6.77. The van der Waals surface area contributed by atoms with Gasteiger partial charge in [0.2, 0.25) is 0 Å². The van der Waals surface area contributed by atoms with E-state index in [9.17, 15) is 14.0 Å². The van der Waals surface area contributed by atoms with Gasteiger partial charge in [-0.15, -0.1) is 0 Å². The van der Waals surface area contributed by atoms with E-state index in [0.717, 1.165) is 5.56 Å². The van der Waals surface area contributed by atoms with Gasteiger partial charge in [0.05, 0.1) is 11.3 Å². The Morgan fingerprint density at radius 2 is 1.93 bits per heavy atom. The topological polar surface area (TPSA) is 72.7 Å². The van der Waals surface area contributed by atoms with Crippen LogP contribution in [0, 0.1) is 12.7 Å². The fraction of sp³-hybridized carbons (Fsp3) is 0.0870. The van der Waals surface area contributed by atoms with Crippen LogP contribution in [0.1, 0.15) is 21.6 Å². The summed E-state index contributed by atoms with van der Waals surface area (Å²) in [6.07, 6.45) is 1.73. The number of rotatable bonds is 5. The molecule has 2 heterocycles. The number of nitrogens with one attached hydrogen (secondary N) is 1. The van der Waals surface area contributed by atoms with E-state index in [0.29, 0.717) is 22.8 Å². The van der Waals surface area contributed by atoms with Gasteiger partial charge in [-0.25, -0.2) is 9.37 Å². The standard InChI is InChI=1S/C23H18FN3O3/c1-15-9-10-21-25-17(12-22(28)27(21)13-15)14-30-18-6-4-5-16(11-18)26-23(29)19-7-2-3-8-20(19)24/h2-13H,14H2,1H3,(H,26,29). The van der Waals surface area contributed by atoms with E-state index < -0.39 is 11.7 Å². The van der Waals surface area contributed by atoms with Crippen LogP contribution in [0.3, 0.4) is 0 Å². The summed E-state index contributed by atoms with van der Waals surface area (Å²) in [5.41, 5.74) is 2.22. The van der Waals surface area contributed by atoms with Gasteiger partial charge in [-0.2, -0.15) is 0 Å². The summed E-state index contributed by atoms with van der Waals surface area (Å²) in [5.74, 6) is -0.664. The van der Waals surface area contributed by atoms with Crippen LogP contribution < -0.4 is 15.6 Å². The molecule has 30 heavy (non-hydrogen) atoms. The third kappa shape index (κ3) is 4.20. The molecule has 2 aromatic carbocycles. The van der Waals surface area contributed by atoms with Crippen LogP contribution in [0.4, 0.5) is 10.1 Å². The summed E-state index contributed by atoms with van der Waals surface area (Å²) in [7, 11) is 0. The van der Waals surface area contributed by atoms with Crippen molar-refractivity contribution in [1.82, 2.24) is 9.38 Å². The van der Waals surface area contributed by atoms with E-state index in [1.54, 1.807) is 42.6 Å². The zero-order valence-electron chi connectivity index (χ0n) is 16.1. The first-order valence-electron chi connectivity index (χ1n) is 9.27. The van der Waals surface area contributed by atoms with E-state index in [2.05, 4.69) is 10.3 Å². The molecule has 2 aromatic heterocycles. The lowest BCUT2D eigenvalue weighted by Gasteiger charge is -2.10. The maximum absolute atomic E-state index is 13.8. The number of hydrogen-bond donors (Lipinski definition) is 1. The van der Waals surface area contributed by atoms with Crippen molar-refractivity contribution < 1.29 is 13.9 Å². The number of aryl methyl sites for hydroxylation is 1. The number of carbonyl (C=O) groups is 1. The minimum atomic E-state index is -0.591. The van der Waals surface area contributed by atoms with E-state index in [4.69, 9.17) is 4.74 Å². The minimum Gasteiger partial charge on any atom is -0.487 e. The average molecular weight is 403 g/mol. The highest BCUT2D eigenvalue weighted by Gasteiger charge is 2.11. The molecule has 0 atom stereocenters. The van der Waals surface area contributed by atoms with Crippen molar-refractivity contribution in [1.29, 1.82) is 0 Å². The summed E-state index contributed by atoms with van der Waals surface area (Å²) in [6, 6.07) is 17.6. The first-order chi connectivity index (χ1) is 14.5. The number of amides is 1. The van der Waals surface area contributed by atoms with Gasteiger partial charge in [-0.05, 0) is 42.8 Å². The van der Waals surface area contributed by atoms with Crippen molar-refractivity contribution >= 4 is 17.2 Å². The molecule has 1 amide bonds. The summed E-state index contributed by atoms with van der Waals surface area (Å²) in [4.78, 5) is 29.0. The number of ether oxygens (including phenoxy) is 1. The van der Waals surface area contributed by atoms with Crippen molar-refractivity contribution in [3.05, 3.63) is 106 Å². The number of benzene rings is 2. The van der Waals surface area contributed by atoms with Gasteiger partial charge >= 0.3 is 0 Å². The van der Waals surface area contributed by atoms with Gasteiger partial charge in [0, 0.05) is 24.0 Å². The van der Waals surface area contributed by atoms with Crippen LogP contribution in [0.5, 0.6) is 5.75 Å². The molecule has 0 aliphatic rings. The molecule has 0 aliphatic heterocycles. The second-order valence-electron chi connectivity index (χ2n) is 6.77. The van der Waals surface area contributed by atoms with E-state index in [1.807, 2.05) is 13.0 Å². The van der Waals surface area contributed by atoms with Crippen LogP contribution in [0.15, 0.2) is 77.7 Å². The van der Waals surface area contributed by atoms with Gasteiger partial charge in [-0.1, -0.05) is 24.3 Å². The fourth-order valence-electron chi connectivity index (χ4n) is 3.00. The molecule has 0 bridgehead atoms. The largest absolute Gasteiger partial charge is 0.487 e. The number of halogens is 1. The Hall–Kier alpha value is -4.00. The third-order valence-electron chi connectivity index (χ3n) is 4.46. The molecule has 0 aliphatic carbocycles. The Morgan fingerprint density at radius 1 is 1.10 bits per heavy atom. The van der Waals surface area contributed by atoms with E-state index >= 15 is 0 Å². The summed E-state index contributed by atoms with van der Waals surface area (Å²) >= 11 is 0. The lowest BCUT2D eigenvalue weighted by atomic mass is 10.2. The first kappa shape index (κ1) is 19.3. The van der Waals surface area contributed by atoms with E-state index in [1.165, 1.54) is 28.7 Å². The zero-order chi connectivity index (χ0) is 21.1. The molecule has 0 fully saturated rings. The molecular weight excluding hydrogens is 385 g/mol. The molecule has 7 heteroatoms. The molecule has 0 saturated carbocycles. The Bertz CT molecular complexity index is 1300. The Labute approximate surface area is 171 Å². The Kier molecular flexibility index (Phi) is 5.26. The van der Waals surface area contributed by atoms with Gasteiger partial charge < -0.3 is 10.1 Å². The number of pyridine rings is 1. The maximum atomic E-state index is 13.8. The van der Waals surface area contributed by atoms with Gasteiger partial charge in [0.15, 0.2) is 0 Å². The highest BCUT2D eigenvalue weighted by atomic mass is 19.1. The second kappa shape index (κ2) is 8.16. The predicted octanol–water partition coefficient (Wildman–Crippen LogP) is 3.97. The molecule has 4 rings (SSSR count). The molecule has 0 saturated heterocycles. The molecule has 0 spiro atoms. The van der Waals surface area contributed by atoms with Crippen molar-refractivity contribution in [2.75, 3.05) is 5.32 Å². The Morgan fingerprint density at radius 3 is 2.77 bits per heavy atom. The van der Waals surface area contributed by atoms with Crippen LogP contribution in [-0.4, -0.2) is 15.3 Å². The van der Waals surface area contributed by atoms with Crippen LogP contribution in [0.25, 0.3) is 5.65 Å². The van der Waals surface area contributed by atoms with Crippen LogP contribution in [0.2, 0.25) is 0 Å². The van der Waals surface area contributed by atoms with Gasteiger partial charge in [-0.3, -0.25) is 14.0 Å². The predicted molar refractivity (Wildman–Crippen MR) is 111 cm³/mol. The van der Waals surface area contributed by atoms with Crippen molar-refractivity contribution in [3.8, 4) is 5.75 Å². The van der Waals surface area contributed by atoms with Crippen molar-refractivity contribution in [2.45, 2.75) is 13.5 Å². The quantitative estimate of drug-likeness (QED) is 0.547. The zero-order valence-corrected chi connectivity index (χ0v) is 16.1. The summed E-state index contributed by atoms with van der Waals surface area (Å²) in [5, 5.41) is 2.65. The molecule has 0 radical (unpaired) electrons. The van der Waals surface area contributed by atoms with Gasteiger partial charge in [0.1, 0.15) is 23.8 Å². The average Bonchev–Trinajstić information content (AvgIpc) is 2.73. The maximum Gasteiger partial charge on any atom is 0.258 e. The van der Waals surface area contributed by atoms with E-state index in [-0.39, 0.29) is 17.7 Å². The van der Waals surface area contributed by atoms with Crippen molar-refractivity contribution in [3.63, 3.8) is 0 Å². The monoisotopic (exact) mass is 403 g/mol. The lowest BCUT2D eigenvalue weighted by molar-refractivity contribution is 0.102. The molecule has 6 nitrogen and oxygen atoms in total. The summed E-state index contributed by atoms with van der Waals surface area (Å²) in [6.45, 7) is 1.99. The number of anilines is 1. The van der Waals surface area contributed by atoms with Gasteiger partial charge in [0.25, 0.3) is 11.5 Å². The third-order valence-corrected chi connectivity index (χ3v) is 4.46. The number of nitrogens with zero attached hydrogens (tertiary/aromatic N) is 2. The molecule has 1 N–H and O–H groups in total. The number of aromatic nitrogens is 2. The minimum absolute atomic E-state index is 0.0418. The number of hydrogen-bond acceptors (Lipinski definition) is 4. The molecular formula is C23H18FN3O3. The summed E-state index contributed by atoms with van der Waals surface area (Å²) < 4.78 is 21.0. The van der Waals surface area contributed by atoms with Crippen molar-refractivity contribution in [2.24, 2.45) is 0 Å². The SMILES string of the molecule is Cc1ccc2nc(COc3cccc(NC(=O)c4ccccc4F)c3)cc(=O)n2c1. The van der Waals surface area contributed by atoms with Crippen LogP contribution in [-0.2, 0) is 6.61 Å². The molecule has 4 aromatic rings. The number of carbonyl (C=O) groups excluding carboxylic acids is 1. The Balaban J connectivity index is 1.48. The molecule has 150 valence electrons. The van der Waals surface area contributed by atoms with Crippen LogP contribution >= 0.6 is 0 Å².